The van der Waals surface area contributed by atoms with Gasteiger partial charge in [-0.05, 0) is 45.7 Å². The number of hydrogen-bond donors (Lipinski definition) is 3. The first-order chi connectivity index (χ1) is 8.00. The zero-order valence-electron chi connectivity index (χ0n) is 10.5. The van der Waals surface area contributed by atoms with Gasteiger partial charge in [-0.25, -0.2) is 0 Å². The molecule has 5 nitrogen and oxygen atoms in total. The molecule has 1 aliphatic heterocycles. The van der Waals surface area contributed by atoms with E-state index < -0.39 is 11.9 Å². The Morgan fingerprint density at radius 1 is 1.47 bits per heavy atom. The lowest BCUT2D eigenvalue weighted by atomic mass is 10.0. The maximum atomic E-state index is 11.6. The van der Waals surface area contributed by atoms with Crippen LogP contribution < -0.4 is 10.6 Å². The van der Waals surface area contributed by atoms with E-state index in [0.29, 0.717) is 12.3 Å². The predicted octanol–water partition coefficient (Wildman–Crippen LogP) is 0.602. The largest absolute Gasteiger partial charge is 0.481 e. The Bertz CT molecular complexity index is 275. The molecule has 3 N–H and O–H groups in total. The van der Waals surface area contributed by atoms with Crippen molar-refractivity contribution in [1.82, 2.24) is 10.6 Å². The first kappa shape index (κ1) is 14.0. The minimum atomic E-state index is -0.877. The van der Waals surface area contributed by atoms with Gasteiger partial charge in [-0.2, -0.15) is 0 Å². The standard InChI is InChI=1S/C12H22N2O3/c1-8(12(16)17)9(2)14-11(15)4-3-10-5-6-13-7-10/h8-10,13H,3-7H2,1-2H3,(H,14,15)(H,16,17). The van der Waals surface area contributed by atoms with Crippen LogP contribution in [0.2, 0.25) is 0 Å². The highest BCUT2D eigenvalue weighted by Gasteiger charge is 2.21. The highest BCUT2D eigenvalue weighted by molar-refractivity contribution is 5.77. The van der Waals surface area contributed by atoms with Crippen molar-refractivity contribution in [3.05, 3.63) is 0 Å². The third kappa shape index (κ3) is 4.73. The average molecular weight is 242 g/mol. The summed E-state index contributed by atoms with van der Waals surface area (Å²) in [6, 6.07) is -0.318. The van der Waals surface area contributed by atoms with Gasteiger partial charge in [0.15, 0.2) is 0 Å². The van der Waals surface area contributed by atoms with E-state index in [1.54, 1.807) is 13.8 Å². The van der Waals surface area contributed by atoms with Gasteiger partial charge in [0.1, 0.15) is 0 Å². The van der Waals surface area contributed by atoms with E-state index in [9.17, 15) is 9.59 Å². The number of nitrogens with one attached hydrogen (secondary N) is 2. The van der Waals surface area contributed by atoms with Crippen LogP contribution in [0.1, 0.15) is 33.1 Å². The molecule has 1 fully saturated rings. The smallest absolute Gasteiger partial charge is 0.308 e. The van der Waals surface area contributed by atoms with E-state index in [4.69, 9.17) is 5.11 Å². The molecule has 0 radical (unpaired) electrons. The summed E-state index contributed by atoms with van der Waals surface area (Å²) in [4.78, 5) is 22.3. The molecule has 98 valence electrons. The number of hydrogen-bond acceptors (Lipinski definition) is 3. The van der Waals surface area contributed by atoms with Gasteiger partial charge in [-0.15, -0.1) is 0 Å². The fraction of sp³-hybridized carbons (Fsp3) is 0.833. The third-order valence-corrected chi connectivity index (χ3v) is 3.47. The monoisotopic (exact) mass is 242 g/mol. The minimum Gasteiger partial charge on any atom is -0.481 e. The molecule has 0 aromatic rings. The number of carboxylic acid groups (broad SMARTS) is 1. The summed E-state index contributed by atoms with van der Waals surface area (Å²) in [6.45, 7) is 5.37. The average Bonchev–Trinajstić information content (AvgIpc) is 2.77. The van der Waals surface area contributed by atoms with Crippen molar-refractivity contribution in [2.75, 3.05) is 13.1 Å². The van der Waals surface area contributed by atoms with Gasteiger partial charge in [0.2, 0.25) is 5.91 Å². The molecule has 0 aromatic heterocycles. The molecule has 1 rings (SSSR count). The predicted molar refractivity (Wildman–Crippen MR) is 64.6 cm³/mol. The van der Waals surface area contributed by atoms with Gasteiger partial charge < -0.3 is 15.7 Å². The van der Waals surface area contributed by atoms with Crippen molar-refractivity contribution >= 4 is 11.9 Å². The molecule has 5 heteroatoms. The zero-order chi connectivity index (χ0) is 12.8. The summed E-state index contributed by atoms with van der Waals surface area (Å²) in [5.74, 6) is -0.879. The van der Waals surface area contributed by atoms with E-state index in [1.165, 1.54) is 0 Å². The van der Waals surface area contributed by atoms with Crippen LogP contribution in [-0.2, 0) is 9.59 Å². The second-order valence-electron chi connectivity index (χ2n) is 4.88. The Hall–Kier alpha value is -1.10. The highest BCUT2D eigenvalue weighted by Crippen LogP contribution is 2.14. The number of carboxylic acids is 1. The Balaban J connectivity index is 2.21. The number of rotatable bonds is 6. The Labute approximate surface area is 102 Å². The van der Waals surface area contributed by atoms with Crippen molar-refractivity contribution < 1.29 is 14.7 Å². The summed E-state index contributed by atoms with van der Waals surface area (Å²) < 4.78 is 0. The Morgan fingerprint density at radius 3 is 2.71 bits per heavy atom. The Kier molecular flexibility index (Phi) is 5.41. The number of aliphatic carboxylic acids is 1. The SMILES string of the molecule is CC(NC(=O)CCC1CCNC1)C(C)C(=O)O. The van der Waals surface area contributed by atoms with Crippen LogP contribution in [-0.4, -0.2) is 36.1 Å². The molecular weight excluding hydrogens is 220 g/mol. The van der Waals surface area contributed by atoms with Gasteiger partial charge in [0, 0.05) is 12.5 Å². The fourth-order valence-corrected chi connectivity index (χ4v) is 1.96. The number of carbonyl (C=O) groups is 2. The number of amides is 1. The molecule has 1 aliphatic rings. The molecule has 0 bridgehead atoms. The number of carbonyl (C=O) groups excluding carboxylic acids is 1. The van der Waals surface area contributed by atoms with Gasteiger partial charge in [0.05, 0.1) is 5.92 Å². The molecule has 1 heterocycles. The van der Waals surface area contributed by atoms with Crippen molar-refractivity contribution in [1.29, 1.82) is 0 Å². The molecule has 1 saturated heterocycles. The van der Waals surface area contributed by atoms with Crippen LogP contribution in [0.25, 0.3) is 0 Å². The summed E-state index contributed by atoms with van der Waals surface area (Å²) in [5.41, 5.74) is 0. The molecule has 0 saturated carbocycles. The van der Waals surface area contributed by atoms with Crippen molar-refractivity contribution in [2.24, 2.45) is 11.8 Å². The maximum Gasteiger partial charge on any atom is 0.308 e. The van der Waals surface area contributed by atoms with Crippen LogP contribution >= 0.6 is 0 Å². The fourth-order valence-electron chi connectivity index (χ4n) is 1.96. The van der Waals surface area contributed by atoms with Gasteiger partial charge in [-0.3, -0.25) is 9.59 Å². The molecule has 0 aromatic carbocycles. The van der Waals surface area contributed by atoms with Crippen LogP contribution in [0.3, 0.4) is 0 Å². The lowest BCUT2D eigenvalue weighted by Gasteiger charge is -2.18. The third-order valence-electron chi connectivity index (χ3n) is 3.47. The molecule has 0 spiro atoms. The van der Waals surface area contributed by atoms with Crippen molar-refractivity contribution in [3.63, 3.8) is 0 Å². The first-order valence-electron chi connectivity index (χ1n) is 6.23. The molecule has 17 heavy (non-hydrogen) atoms. The van der Waals surface area contributed by atoms with Crippen molar-refractivity contribution in [3.8, 4) is 0 Å². The van der Waals surface area contributed by atoms with E-state index in [1.807, 2.05) is 0 Å². The van der Waals surface area contributed by atoms with E-state index in [-0.39, 0.29) is 11.9 Å². The van der Waals surface area contributed by atoms with Crippen LogP contribution in [0.4, 0.5) is 0 Å². The van der Waals surface area contributed by atoms with Gasteiger partial charge in [-0.1, -0.05) is 0 Å². The molecule has 0 aliphatic carbocycles. The van der Waals surface area contributed by atoms with Gasteiger partial charge >= 0.3 is 5.97 Å². The zero-order valence-corrected chi connectivity index (χ0v) is 10.5. The van der Waals surface area contributed by atoms with Gasteiger partial charge in [0.25, 0.3) is 0 Å². The van der Waals surface area contributed by atoms with Crippen molar-refractivity contribution in [2.45, 2.75) is 39.2 Å². The highest BCUT2D eigenvalue weighted by atomic mass is 16.4. The topological polar surface area (TPSA) is 78.4 Å². The van der Waals surface area contributed by atoms with E-state index in [2.05, 4.69) is 10.6 Å². The molecule has 3 atom stereocenters. The first-order valence-corrected chi connectivity index (χ1v) is 6.23. The van der Waals surface area contributed by atoms with E-state index in [0.717, 1.165) is 25.9 Å². The normalized spacial score (nSPS) is 23.1. The Morgan fingerprint density at radius 2 is 2.18 bits per heavy atom. The summed E-state index contributed by atoms with van der Waals surface area (Å²) in [6.07, 6.45) is 2.50. The van der Waals surface area contributed by atoms with E-state index >= 15 is 0 Å². The van der Waals surface area contributed by atoms with Crippen LogP contribution in [0.5, 0.6) is 0 Å². The molecule has 3 unspecified atom stereocenters. The summed E-state index contributed by atoms with van der Waals surface area (Å²) >= 11 is 0. The summed E-state index contributed by atoms with van der Waals surface area (Å²) in [7, 11) is 0. The molecule has 1 amide bonds. The minimum absolute atomic E-state index is 0.0440. The lowest BCUT2D eigenvalue weighted by molar-refractivity contribution is -0.142. The molecular formula is C12H22N2O3. The lowest BCUT2D eigenvalue weighted by Crippen LogP contribution is -2.40. The second kappa shape index (κ2) is 6.59. The van der Waals surface area contributed by atoms with Crippen LogP contribution in [0.15, 0.2) is 0 Å². The quantitative estimate of drug-likeness (QED) is 0.637. The second-order valence-corrected chi connectivity index (χ2v) is 4.88. The summed E-state index contributed by atoms with van der Waals surface area (Å²) in [5, 5.41) is 14.8. The maximum absolute atomic E-state index is 11.6. The van der Waals surface area contributed by atoms with Crippen LogP contribution in [0, 0.1) is 11.8 Å².